The van der Waals surface area contributed by atoms with Crippen molar-refractivity contribution in [2.45, 2.75) is 13.3 Å². The number of carbonyl (C=O) groups excluding carboxylic acids is 1. The molecule has 0 aromatic carbocycles. The number of fused-ring (bicyclic) bond motifs is 1. The first-order chi connectivity index (χ1) is 7.68. The molecule has 2 nitrogen and oxygen atoms in total. The second-order valence-electron chi connectivity index (χ2n) is 3.92. The summed E-state index contributed by atoms with van der Waals surface area (Å²) in [7, 11) is 0. The molecule has 16 heavy (non-hydrogen) atoms. The van der Waals surface area contributed by atoms with Gasteiger partial charge >= 0.3 is 5.97 Å². The summed E-state index contributed by atoms with van der Waals surface area (Å²) in [5, 5.41) is 0. The van der Waals surface area contributed by atoms with Crippen molar-refractivity contribution in [3.8, 4) is 0 Å². The van der Waals surface area contributed by atoms with Gasteiger partial charge in [0.25, 0.3) is 0 Å². The Balaban J connectivity index is 1.81. The molecule has 0 atom stereocenters. The van der Waals surface area contributed by atoms with Crippen molar-refractivity contribution in [2.75, 3.05) is 6.61 Å². The lowest BCUT2D eigenvalue weighted by Gasteiger charge is -2.07. The predicted molar refractivity (Wildman–Crippen MR) is 63.8 cm³/mol. The fourth-order valence-corrected chi connectivity index (χ4v) is 1.75. The highest BCUT2D eigenvalue weighted by Crippen LogP contribution is 2.32. The molecule has 0 heterocycles. The van der Waals surface area contributed by atoms with Gasteiger partial charge in [0.15, 0.2) is 0 Å². The van der Waals surface area contributed by atoms with Crippen LogP contribution < -0.4 is 0 Å². The lowest BCUT2D eigenvalue weighted by molar-refractivity contribution is -0.138. The first kappa shape index (κ1) is 10.7. The van der Waals surface area contributed by atoms with Gasteiger partial charge in [0, 0.05) is 12.0 Å². The van der Waals surface area contributed by atoms with E-state index >= 15 is 0 Å². The van der Waals surface area contributed by atoms with Crippen LogP contribution in [-0.2, 0) is 9.53 Å². The highest BCUT2D eigenvalue weighted by atomic mass is 16.5. The third-order valence-corrected chi connectivity index (χ3v) is 2.61. The maximum atomic E-state index is 11.2. The van der Waals surface area contributed by atoms with Gasteiger partial charge in [-0.15, -0.1) is 0 Å². The molecule has 82 valence electrons. The van der Waals surface area contributed by atoms with Crippen LogP contribution in [0.5, 0.6) is 0 Å². The van der Waals surface area contributed by atoms with Gasteiger partial charge in [0.1, 0.15) is 0 Å². The summed E-state index contributed by atoms with van der Waals surface area (Å²) >= 11 is 0. The van der Waals surface area contributed by atoms with Crippen LogP contribution in [0.2, 0.25) is 0 Å². The van der Waals surface area contributed by atoms with Crippen LogP contribution in [0.15, 0.2) is 59.3 Å². The van der Waals surface area contributed by atoms with Gasteiger partial charge in [-0.05, 0) is 23.6 Å². The predicted octanol–water partition coefficient (Wildman–Crippen LogP) is 2.86. The van der Waals surface area contributed by atoms with E-state index in [1.807, 2.05) is 6.08 Å². The van der Waals surface area contributed by atoms with E-state index in [4.69, 9.17) is 4.74 Å². The van der Waals surface area contributed by atoms with Crippen LogP contribution in [0.25, 0.3) is 0 Å². The molecule has 0 fully saturated rings. The summed E-state index contributed by atoms with van der Waals surface area (Å²) in [6.45, 7) is 5.60. The van der Waals surface area contributed by atoms with Crippen molar-refractivity contribution in [3.63, 3.8) is 0 Å². The molecule has 2 rings (SSSR count). The molecule has 0 amide bonds. The molecule has 0 aromatic heterocycles. The summed E-state index contributed by atoms with van der Waals surface area (Å²) in [5.74, 6) is -0.315. The highest BCUT2D eigenvalue weighted by Gasteiger charge is 2.16. The van der Waals surface area contributed by atoms with E-state index in [2.05, 4.69) is 30.9 Å². The molecule has 0 unspecified atom stereocenters. The number of allylic oxidation sites excluding steroid dienone is 7. The molecule has 2 aliphatic rings. The summed E-state index contributed by atoms with van der Waals surface area (Å²) in [4.78, 5) is 11.2. The summed E-state index contributed by atoms with van der Waals surface area (Å²) in [5.41, 5.74) is 4.18. The van der Waals surface area contributed by atoms with E-state index in [0.29, 0.717) is 12.2 Å². The van der Waals surface area contributed by atoms with E-state index in [0.717, 1.165) is 6.42 Å². The summed E-state index contributed by atoms with van der Waals surface area (Å²) < 4.78 is 5.06. The van der Waals surface area contributed by atoms with Crippen molar-refractivity contribution >= 4 is 5.97 Å². The van der Waals surface area contributed by atoms with Gasteiger partial charge < -0.3 is 4.74 Å². The van der Waals surface area contributed by atoms with Crippen LogP contribution in [0.4, 0.5) is 0 Å². The molecule has 0 saturated carbocycles. The van der Waals surface area contributed by atoms with Crippen molar-refractivity contribution in [1.82, 2.24) is 0 Å². The van der Waals surface area contributed by atoms with Crippen LogP contribution in [0.1, 0.15) is 13.3 Å². The van der Waals surface area contributed by atoms with Crippen LogP contribution in [-0.4, -0.2) is 12.6 Å². The fraction of sp³-hybridized carbons (Fsp3) is 0.214. The Morgan fingerprint density at radius 2 is 2.19 bits per heavy atom. The number of rotatable bonds is 4. The Bertz CT molecular complexity index is 459. The Morgan fingerprint density at radius 1 is 1.38 bits per heavy atom. The minimum Gasteiger partial charge on any atom is -0.462 e. The molecule has 0 aliphatic heterocycles. The minimum absolute atomic E-state index is 0.315. The van der Waals surface area contributed by atoms with Gasteiger partial charge in [-0.2, -0.15) is 0 Å². The third-order valence-electron chi connectivity index (χ3n) is 2.61. The lowest BCUT2D eigenvalue weighted by atomic mass is 10.0. The fourth-order valence-electron chi connectivity index (χ4n) is 1.75. The summed E-state index contributed by atoms with van der Waals surface area (Å²) in [6.07, 6.45) is 11.1. The van der Waals surface area contributed by atoms with Crippen LogP contribution in [0.3, 0.4) is 0 Å². The molecule has 0 N–H and O–H groups in total. The van der Waals surface area contributed by atoms with Gasteiger partial charge in [-0.25, -0.2) is 4.79 Å². The second-order valence-corrected chi connectivity index (χ2v) is 3.92. The molecule has 0 bridgehead atoms. The maximum Gasteiger partial charge on any atom is 0.333 e. The van der Waals surface area contributed by atoms with Crippen molar-refractivity contribution in [2.24, 2.45) is 0 Å². The van der Waals surface area contributed by atoms with Gasteiger partial charge in [0.05, 0.1) is 6.61 Å². The molecule has 0 saturated heterocycles. The van der Waals surface area contributed by atoms with E-state index in [9.17, 15) is 4.79 Å². The SMILES string of the molecule is C=C(C)C(=O)OCCC1=CC=C2C=CC=C21. The molecular formula is C14H14O2. The molecular weight excluding hydrogens is 200 g/mol. The topological polar surface area (TPSA) is 26.3 Å². The number of hydrogen-bond donors (Lipinski definition) is 0. The zero-order chi connectivity index (χ0) is 11.5. The average Bonchev–Trinajstić information content (AvgIpc) is 2.81. The molecule has 2 aliphatic carbocycles. The monoisotopic (exact) mass is 214 g/mol. The van der Waals surface area contributed by atoms with E-state index in [1.54, 1.807) is 6.92 Å². The Morgan fingerprint density at radius 3 is 2.94 bits per heavy atom. The van der Waals surface area contributed by atoms with E-state index in [1.165, 1.54) is 16.7 Å². The lowest BCUT2D eigenvalue weighted by Crippen LogP contribution is -2.06. The summed E-state index contributed by atoms with van der Waals surface area (Å²) in [6, 6.07) is 0. The van der Waals surface area contributed by atoms with Crippen molar-refractivity contribution in [1.29, 1.82) is 0 Å². The maximum absolute atomic E-state index is 11.2. The van der Waals surface area contributed by atoms with Crippen molar-refractivity contribution in [3.05, 3.63) is 59.3 Å². The Labute approximate surface area is 95.3 Å². The van der Waals surface area contributed by atoms with Crippen LogP contribution in [0, 0.1) is 0 Å². The first-order valence-electron chi connectivity index (χ1n) is 5.31. The number of ether oxygens (including phenoxy) is 1. The average molecular weight is 214 g/mol. The molecule has 2 heteroatoms. The second kappa shape index (κ2) is 4.35. The van der Waals surface area contributed by atoms with Crippen LogP contribution >= 0.6 is 0 Å². The smallest absolute Gasteiger partial charge is 0.333 e. The van der Waals surface area contributed by atoms with Gasteiger partial charge in [0.2, 0.25) is 0 Å². The van der Waals surface area contributed by atoms with E-state index in [-0.39, 0.29) is 5.97 Å². The minimum atomic E-state index is -0.315. The molecule has 0 radical (unpaired) electrons. The normalized spacial score (nSPS) is 16.4. The van der Waals surface area contributed by atoms with E-state index < -0.39 is 0 Å². The molecule has 0 spiro atoms. The largest absolute Gasteiger partial charge is 0.462 e. The quantitative estimate of drug-likeness (QED) is 0.531. The number of esters is 1. The standard InChI is InChI=1S/C14H14O2/c1-10(2)14(15)16-9-8-12-7-6-11-4-3-5-13(11)12/h3-7H,1,8-9H2,2H3. The van der Waals surface area contributed by atoms with Gasteiger partial charge in [-0.1, -0.05) is 37.0 Å². The third kappa shape index (κ3) is 2.06. The zero-order valence-electron chi connectivity index (χ0n) is 9.32. The number of hydrogen-bond acceptors (Lipinski definition) is 2. The first-order valence-corrected chi connectivity index (χ1v) is 5.31. The Hall–Kier alpha value is -1.83. The number of carbonyl (C=O) groups is 1. The van der Waals surface area contributed by atoms with Crippen molar-refractivity contribution < 1.29 is 9.53 Å². The Kier molecular flexibility index (Phi) is 2.91. The van der Waals surface area contributed by atoms with Gasteiger partial charge in [-0.3, -0.25) is 0 Å². The highest BCUT2D eigenvalue weighted by molar-refractivity contribution is 5.86. The zero-order valence-corrected chi connectivity index (χ0v) is 9.32. The molecule has 0 aromatic rings.